The van der Waals surface area contributed by atoms with Crippen molar-refractivity contribution in [3.8, 4) is 5.69 Å². The van der Waals surface area contributed by atoms with Crippen LogP contribution in [-0.2, 0) is 0 Å². The van der Waals surface area contributed by atoms with Crippen LogP contribution in [0.1, 0.15) is 0 Å². The minimum atomic E-state index is 0.546. The lowest BCUT2D eigenvalue weighted by molar-refractivity contribution is 0.881. The second kappa shape index (κ2) is 3.67. The maximum Gasteiger partial charge on any atom is 0.164 e. The molecule has 0 unspecified atom stereocenters. The topological polar surface area (TPSA) is 17.8 Å². The first kappa shape index (κ1) is 9.02. The summed E-state index contributed by atoms with van der Waals surface area (Å²) in [4.78, 5) is 0. The van der Waals surface area contributed by atoms with Gasteiger partial charge in [-0.25, -0.2) is 4.68 Å². The predicted molar refractivity (Wildman–Crippen MR) is 61.3 cm³/mol. The summed E-state index contributed by atoms with van der Waals surface area (Å²) in [6.07, 6.45) is 1.90. The molecule has 2 nitrogen and oxygen atoms in total. The van der Waals surface area contributed by atoms with Gasteiger partial charge in [-0.1, -0.05) is 29.8 Å². The molecule has 0 aliphatic rings. The Morgan fingerprint density at radius 2 is 1.92 bits per heavy atom. The van der Waals surface area contributed by atoms with Gasteiger partial charge >= 0.3 is 0 Å². The summed E-state index contributed by atoms with van der Waals surface area (Å²) in [5.41, 5.74) is 1.02. The van der Waals surface area contributed by atoms with Crippen LogP contribution in [0, 0.1) is 3.57 Å². The van der Waals surface area contributed by atoms with Crippen LogP contribution in [0.5, 0.6) is 0 Å². The fourth-order valence-electron chi connectivity index (χ4n) is 1.04. The lowest BCUT2D eigenvalue weighted by Crippen LogP contribution is -1.92. The van der Waals surface area contributed by atoms with Gasteiger partial charge in [-0.15, -0.1) is 0 Å². The van der Waals surface area contributed by atoms with Gasteiger partial charge in [-0.05, 0) is 34.7 Å². The molecule has 4 heteroatoms. The van der Waals surface area contributed by atoms with E-state index in [2.05, 4.69) is 27.7 Å². The Morgan fingerprint density at radius 1 is 1.23 bits per heavy atom. The lowest BCUT2D eigenvalue weighted by Gasteiger charge is -1.98. The first-order chi connectivity index (χ1) is 6.27. The van der Waals surface area contributed by atoms with E-state index in [9.17, 15) is 0 Å². The van der Waals surface area contributed by atoms with Crippen LogP contribution in [0.15, 0.2) is 36.5 Å². The van der Waals surface area contributed by atoms with Crippen LogP contribution in [0.2, 0.25) is 5.15 Å². The van der Waals surface area contributed by atoms with E-state index in [1.54, 1.807) is 4.68 Å². The number of benzene rings is 1. The second-order valence-electron chi connectivity index (χ2n) is 2.55. The number of nitrogens with zero attached hydrogens (tertiary/aromatic N) is 2. The summed E-state index contributed by atoms with van der Waals surface area (Å²) in [6.45, 7) is 0. The summed E-state index contributed by atoms with van der Waals surface area (Å²) in [5, 5.41) is 4.70. The van der Waals surface area contributed by atoms with E-state index < -0.39 is 0 Å². The molecule has 0 fully saturated rings. The molecule has 1 aromatic carbocycles. The molecule has 1 heterocycles. The van der Waals surface area contributed by atoms with Gasteiger partial charge in [0.25, 0.3) is 0 Å². The fraction of sp³-hybridized carbons (Fsp3) is 0. The summed E-state index contributed by atoms with van der Waals surface area (Å²) in [7, 11) is 0. The van der Waals surface area contributed by atoms with Crippen LogP contribution >= 0.6 is 34.2 Å². The van der Waals surface area contributed by atoms with Gasteiger partial charge in [0, 0.05) is 6.20 Å². The van der Waals surface area contributed by atoms with Crippen LogP contribution in [0.25, 0.3) is 5.69 Å². The molecule has 0 spiro atoms. The van der Waals surface area contributed by atoms with Gasteiger partial charge in [0.1, 0.15) is 0 Å². The maximum atomic E-state index is 5.84. The molecule has 0 aliphatic heterocycles. The highest BCUT2D eigenvalue weighted by Crippen LogP contribution is 2.17. The van der Waals surface area contributed by atoms with Crippen molar-refractivity contribution in [2.45, 2.75) is 0 Å². The molecule has 66 valence electrons. The minimum Gasteiger partial charge on any atom is -0.238 e. The molecule has 0 bridgehead atoms. The summed E-state index contributed by atoms with van der Waals surface area (Å²) < 4.78 is 2.73. The Bertz CT molecular complexity index is 391. The molecule has 0 aliphatic carbocycles. The zero-order valence-electron chi connectivity index (χ0n) is 6.61. The Morgan fingerprint density at radius 3 is 2.46 bits per heavy atom. The third kappa shape index (κ3) is 1.86. The largest absolute Gasteiger partial charge is 0.238 e. The molecule has 0 atom stereocenters. The van der Waals surface area contributed by atoms with Gasteiger partial charge < -0.3 is 0 Å². The summed E-state index contributed by atoms with van der Waals surface area (Å²) >= 11 is 8.00. The molecule has 0 saturated heterocycles. The average Bonchev–Trinajstić information content (AvgIpc) is 2.49. The van der Waals surface area contributed by atoms with Gasteiger partial charge in [0.2, 0.25) is 0 Å². The van der Waals surface area contributed by atoms with Gasteiger partial charge in [-0.2, -0.15) is 5.10 Å². The first-order valence-corrected chi connectivity index (χ1v) is 5.19. The summed E-state index contributed by atoms with van der Waals surface area (Å²) in [6, 6.07) is 9.88. The number of aromatic nitrogens is 2. The first-order valence-electron chi connectivity index (χ1n) is 3.73. The van der Waals surface area contributed by atoms with Gasteiger partial charge in [0.05, 0.1) is 9.26 Å². The Kier molecular flexibility index (Phi) is 2.55. The van der Waals surface area contributed by atoms with Crippen molar-refractivity contribution in [3.05, 3.63) is 45.3 Å². The molecule has 2 aromatic rings. The number of para-hydroxylation sites is 1. The standard InChI is InChI=1S/C9H6ClIN2/c10-9-8(11)6-13(12-9)7-4-2-1-3-5-7/h1-6H. The number of hydrogen-bond acceptors (Lipinski definition) is 1. The van der Waals surface area contributed by atoms with Crippen molar-refractivity contribution in [2.75, 3.05) is 0 Å². The highest BCUT2D eigenvalue weighted by atomic mass is 127. The van der Waals surface area contributed by atoms with Gasteiger partial charge in [-0.3, -0.25) is 0 Å². The van der Waals surface area contributed by atoms with Crippen molar-refractivity contribution < 1.29 is 0 Å². The molecule has 0 saturated carbocycles. The summed E-state index contributed by atoms with van der Waals surface area (Å²) in [5.74, 6) is 0. The Hall–Kier alpha value is -0.550. The monoisotopic (exact) mass is 304 g/mol. The molecule has 0 amide bonds. The van der Waals surface area contributed by atoms with Crippen LogP contribution in [-0.4, -0.2) is 9.78 Å². The van der Waals surface area contributed by atoms with E-state index in [0.717, 1.165) is 9.26 Å². The van der Waals surface area contributed by atoms with Crippen molar-refractivity contribution in [2.24, 2.45) is 0 Å². The normalized spacial score (nSPS) is 10.3. The van der Waals surface area contributed by atoms with E-state index >= 15 is 0 Å². The second-order valence-corrected chi connectivity index (χ2v) is 4.07. The smallest absolute Gasteiger partial charge is 0.164 e. The minimum absolute atomic E-state index is 0.546. The number of halogens is 2. The van der Waals surface area contributed by atoms with Crippen molar-refractivity contribution in [1.82, 2.24) is 9.78 Å². The lowest BCUT2D eigenvalue weighted by atomic mass is 10.3. The Labute approximate surface area is 94.7 Å². The SMILES string of the molecule is Clc1nn(-c2ccccc2)cc1I. The fourth-order valence-corrected chi connectivity index (χ4v) is 1.55. The van der Waals surface area contributed by atoms with E-state index in [-0.39, 0.29) is 0 Å². The molecular formula is C9H6ClIN2. The number of rotatable bonds is 1. The van der Waals surface area contributed by atoms with Gasteiger partial charge in [0.15, 0.2) is 5.15 Å². The zero-order chi connectivity index (χ0) is 9.26. The number of hydrogen-bond donors (Lipinski definition) is 0. The quantitative estimate of drug-likeness (QED) is 0.740. The van der Waals surface area contributed by atoms with Crippen LogP contribution < -0.4 is 0 Å². The van der Waals surface area contributed by atoms with Crippen molar-refractivity contribution >= 4 is 34.2 Å². The third-order valence-electron chi connectivity index (χ3n) is 1.65. The maximum absolute atomic E-state index is 5.84. The van der Waals surface area contributed by atoms with Crippen LogP contribution in [0.4, 0.5) is 0 Å². The van der Waals surface area contributed by atoms with E-state index in [1.807, 2.05) is 36.5 Å². The highest BCUT2D eigenvalue weighted by Gasteiger charge is 2.03. The van der Waals surface area contributed by atoms with Crippen molar-refractivity contribution in [3.63, 3.8) is 0 Å². The Balaban J connectivity index is 2.48. The highest BCUT2D eigenvalue weighted by molar-refractivity contribution is 14.1. The molecule has 13 heavy (non-hydrogen) atoms. The molecule has 1 aromatic heterocycles. The predicted octanol–water partition coefficient (Wildman–Crippen LogP) is 3.13. The third-order valence-corrected chi connectivity index (χ3v) is 3.04. The van der Waals surface area contributed by atoms with E-state index in [0.29, 0.717) is 5.15 Å². The van der Waals surface area contributed by atoms with Crippen LogP contribution in [0.3, 0.4) is 0 Å². The van der Waals surface area contributed by atoms with E-state index in [1.165, 1.54) is 0 Å². The van der Waals surface area contributed by atoms with E-state index in [4.69, 9.17) is 11.6 Å². The molecule has 2 rings (SSSR count). The zero-order valence-corrected chi connectivity index (χ0v) is 9.53. The molecule has 0 radical (unpaired) electrons. The molecular weight excluding hydrogens is 298 g/mol. The van der Waals surface area contributed by atoms with Crippen molar-refractivity contribution in [1.29, 1.82) is 0 Å². The average molecular weight is 305 g/mol. The molecule has 0 N–H and O–H groups in total.